The van der Waals surface area contributed by atoms with Crippen LogP contribution in [0.5, 0.6) is 5.75 Å². The number of hydrogen-bond acceptors (Lipinski definition) is 5. The summed E-state index contributed by atoms with van der Waals surface area (Å²) in [6.07, 6.45) is 1.36. The summed E-state index contributed by atoms with van der Waals surface area (Å²) in [7, 11) is 1.62. The van der Waals surface area contributed by atoms with Gasteiger partial charge in [0.05, 0.1) is 19.2 Å². The SMILES string of the molecule is COc1ccc(Cn2c(=O)n3ncnc3c3nc(Br)ccc32)cc1. The Morgan fingerprint density at radius 2 is 1.96 bits per heavy atom. The third-order valence-corrected chi connectivity index (χ3v) is 4.24. The van der Waals surface area contributed by atoms with Crippen molar-refractivity contribution < 1.29 is 4.74 Å². The summed E-state index contributed by atoms with van der Waals surface area (Å²) >= 11 is 3.36. The Morgan fingerprint density at radius 3 is 2.71 bits per heavy atom. The van der Waals surface area contributed by atoms with E-state index >= 15 is 0 Å². The number of nitrogens with zero attached hydrogens (tertiary/aromatic N) is 5. The molecule has 0 unspecified atom stereocenters. The summed E-state index contributed by atoms with van der Waals surface area (Å²) in [4.78, 5) is 21.4. The molecule has 0 aliphatic heterocycles. The van der Waals surface area contributed by atoms with Gasteiger partial charge in [0.2, 0.25) is 0 Å². The van der Waals surface area contributed by atoms with E-state index in [1.807, 2.05) is 30.3 Å². The number of aromatic nitrogens is 5. The lowest BCUT2D eigenvalue weighted by Crippen LogP contribution is -2.28. The predicted octanol–water partition coefficient (Wildman–Crippen LogP) is 2.26. The van der Waals surface area contributed by atoms with E-state index in [1.165, 1.54) is 10.8 Å². The third kappa shape index (κ3) is 2.35. The molecule has 7 nitrogen and oxygen atoms in total. The zero-order valence-electron chi connectivity index (χ0n) is 12.7. The molecule has 0 aliphatic rings. The molecule has 0 fully saturated rings. The fourth-order valence-corrected chi connectivity index (χ4v) is 2.95. The first-order chi connectivity index (χ1) is 11.7. The average molecular weight is 386 g/mol. The maximum absolute atomic E-state index is 12.8. The Kier molecular flexibility index (Phi) is 3.53. The van der Waals surface area contributed by atoms with Crippen LogP contribution in [0.1, 0.15) is 5.56 Å². The molecular weight excluding hydrogens is 374 g/mol. The Hall–Kier alpha value is -2.74. The van der Waals surface area contributed by atoms with Gasteiger partial charge in [-0.2, -0.15) is 9.61 Å². The van der Waals surface area contributed by atoms with Crippen LogP contribution >= 0.6 is 15.9 Å². The van der Waals surface area contributed by atoms with Gasteiger partial charge >= 0.3 is 5.69 Å². The van der Waals surface area contributed by atoms with Gasteiger partial charge in [0.1, 0.15) is 22.2 Å². The topological polar surface area (TPSA) is 74.3 Å². The first kappa shape index (κ1) is 14.8. The van der Waals surface area contributed by atoms with Crippen molar-refractivity contribution in [1.29, 1.82) is 0 Å². The van der Waals surface area contributed by atoms with E-state index in [1.54, 1.807) is 17.7 Å². The highest BCUT2D eigenvalue weighted by molar-refractivity contribution is 9.10. The van der Waals surface area contributed by atoms with E-state index in [-0.39, 0.29) is 5.69 Å². The lowest BCUT2D eigenvalue weighted by Gasteiger charge is -2.11. The van der Waals surface area contributed by atoms with Crippen LogP contribution in [0, 0.1) is 0 Å². The van der Waals surface area contributed by atoms with E-state index in [2.05, 4.69) is 31.0 Å². The first-order valence-corrected chi connectivity index (χ1v) is 7.98. The average Bonchev–Trinajstić information content (AvgIpc) is 3.09. The van der Waals surface area contributed by atoms with Crippen LogP contribution in [-0.4, -0.2) is 31.3 Å². The first-order valence-electron chi connectivity index (χ1n) is 7.19. The second-order valence-corrected chi connectivity index (χ2v) is 6.03. The summed E-state index contributed by atoms with van der Waals surface area (Å²) < 4.78 is 8.75. The van der Waals surface area contributed by atoms with Crippen LogP contribution in [0.3, 0.4) is 0 Å². The molecule has 1 aromatic carbocycles. The molecule has 0 radical (unpaired) electrons. The number of pyridine rings is 1. The van der Waals surface area contributed by atoms with Gasteiger partial charge in [-0.1, -0.05) is 12.1 Å². The van der Waals surface area contributed by atoms with E-state index in [0.717, 1.165) is 11.3 Å². The third-order valence-electron chi connectivity index (χ3n) is 3.80. The smallest absolute Gasteiger partial charge is 0.351 e. The molecule has 4 rings (SSSR count). The Balaban J connectivity index is 1.95. The lowest BCUT2D eigenvalue weighted by atomic mass is 10.2. The van der Waals surface area contributed by atoms with Crippen molar-refractivity contribution in [3.05, 3.63) is 63.4 Å². The molecule has 3 aromatic heterocycles. The van der Waals surface area contributed by atoms with Crippen molar-refractivity contribution in [2.24, 2.45) is 0 Å². The highest BCUT2D eigenvalue weighted by Crippen LogP contribution is 2.19. The summed E-state index contributed by atoms with van der Waals surface area (Å²) in [5, 5.41) is 4.02. The minimum atomic E-state index is -0.255. The monoisotopic (exact) mass is 385 g/mol. The molecule has 3 heterocycles. The van der Waals surface area contributed by atoms with Crippen molar-refractivity contribution >= 4 is 32.6 Å². The van der Waals surface area contributed by atoms with Crippen molar-refractivity contribution in [3.63, 3.8) is 0 Å². The van der Waals surface area contributed by atoms with Crippen LogP contribution in [-0.2, 0) is 6.54 Å². The van der Waals surface area contributed by atoms with E-state index in [0.29, 0.717) is 27.8 Å². The van der Waals surface area contributed by atoms with Crippen molar-refractivity contribution in [2.45, 2.75) is 6.54 Å². The number of ether oxygens (including phenoxy) is 1. The second kappa shape index (κ2) is 5.72. The highest BCUT2D eigenvalue weighted by atomic mass is 79.9. The second-order valence-electron chi connectivity index (χ2n) is 5.21. The van der Waals surface area contributed by atoms with E-state index in [4.69, 9.17) is 4.74 Å². The fourth-order valence-electron chi connectivity index (χ4n) is 2.64. The number of fused-ring (bicyclic) bond motifs is 3. The van der Waals surface area contributed by atoms with Gasteiger partial charge in [-0.25, -0.2) is 14.8 Å². The fraction of sp³-hybridized carbons (Fsp3) is 0.125. The van der Waals surface area contributed by atoms with Crippen molar-refractivity contribution in [2.75, 3.05) is 7.11 Å². The molecule has 0 N–H and O–H groups in total. The van der Waals surface area contributed by atoms with Crippen molar-refractivity contribution in [1.82, 2.24) is 24.1 Å². The number of hydrogen-bond donors (Lipinski definition) is 0. The van der Waals surface area contributed by atoms with Gasteiger partial charge in [-0.05, 0) is 45.8 Å². The van der Waals surface area contributed by atoms with Crippen LogP contribution in [0.2, 0.25) is 0 Å². The molecule has 8 heteroatoms. The summed E-state index contributed by atoms with van der Waals surface area (Å²) in [6.45, 7) is 0.401. The zero-order valence-corrected chi connectivity index (χ0v) is 14.3. The van der Waals surface area contributed by atoms with Crippen molar-refractivity contribution in [3.8, 4) is 5.75 Å². The predicted molar refractivity (Wildman–Crippen MR) is 92.3 cm³/mol. The minimum absolute atomic E-state index is 0.255. The Morgan fingerprint density at radius 1 is 1.17 bits per heavy atom. The normalized spacial score (nSPS) is 11.2. The molecule has 4 aromatic rings. The highest BCUT2D eigenvalue weighted by Gasteiger charge is 2.14. The van der Waals surface area contributed by atoms with Gasteiger partial charge in [0.25, 0.3) is 0 Å². The number of rotatable bonds is 3. The molecular formula is C16H12BrN5O2. The zero-order chi connectivity index (χ0) is 16.7. The Labute approximate surface area is 144 Å². The van der Waals surface area contributed by atoms with Crippen LogP contribution in [0.25, 0.3) is 16.7 Å². The molecule has 0 atom stereocenters. The number of halogens is 1. The molecule has 0 saturated heterocycles. The van der Waals surface area contributed by atoms with Gasteiger partial charge in [-0.3, -0.25) is 4.57 Å². The van der Waals surface area contributed by atoms with E-state index in [9.17, 15) is 4.79 Å². The standard InChI is InChI=1S/C16H12BrN5O2/c1-24-11-4-2-10(3-5-11)8-21-12-6-7-13(17)20-14(12)15-18-9-19-22(15)16(21)23/h2-7,9H,8H2,1H3. The molecule has 24 heavy (non-hydrogen) atoms. The van der Waals surface area contributed by atoms with Crippen LogP contribution in [0.4, 0.5) is 0 Å². The maximum Gasteiger partial charge on any atom is 0.351 e. The maximum atomic E-state index is 12.8. The van der Waals surface area contributed by atoms with Gasteiger partial charge in [0.15, 0.2) is 5.65 Å². The molecule has 0 saturated carbocycles. The van der Waals surface area contributed by atoms with Gasteiger partial charge < -0.3 is 4.74 Å². The summed E-state index contributed by atoms with van der Waals surface area (Å²) in [5.41, 5.74) is 2.49. The van der Waals surface area contributed by atoms with E-state index < -0.39 is 0 Å². The molecule has 0 bridgehead atoms. The lowest BCUT2D eigenvalue weighted by molar-refractivity contribution is 0.414. The number of methoxy groups -OCH3 is 1. The largest absolute Gasteiger partial charge is 0.497 e. The molecule has 120 valence electrons. The van der Waals surface area contributed by atoms with Gasteiger partial charge in [0, 0.05) is 0 Å². The summed E-state index contributed by atoms with van der Waals surface area (Å²) in [5.74, 6) is 0.772. The van der Waals surface area contributed by atoms with Gasteiger partial charge in [-0.15, -0.1) is 0 Å². The molecule has 0 aliphatic carbocycles. The Bertz CT molecular complexity index is 1100. The molecule has 0 amide bonds. The quantitative estimate of drug-likeness (QED) is 0.505. The number of benzene rings is 1. The van der Waals surface area contributed by atoms with Crippen LogP contribution < -0.4 is 10.4 Å². The minimum Gasteiger partial charge on any atom is -0.497 e. The van der Waals surface area contributed by atoms with Crippen LogP contribution in [0.15, 0.2) is 52.1 Å². The molecule has 0 spiro atoms. The summed E-state index contributed by atoms with van der Waals surface area (Å²) in [6, 6.07) is 11.2.